The highest BCUT2D eigenvalue weighted by molar-refractivity contribution is 6.32. The Balaban J connectivity index is 1.65. The van der Waals surface area contributed by atoms with Gasteiger partial charge in [-0.25, -0.2) is 14.4 Å². The Kier molecular flexibility index (Phi) is 7.80. The molecule has 0 atom stereocenters. The summed E-state index contributed by atoms with van der Waals surface area (Å²) >= 11 is 6.30. The summed E-state index contributed by atoms with van der Waals surface area (Å²) in [6.07, 6.45) is -2.31. The number of aromatic nitrogens is 3. The molecule has 0 amide bonds. The van der Waals surface area contributed by atoms with Crippen molar-refractivity contribution in [2.45, 2.75) is 13.1 Å². The number of halogens is 6. The van der Waals surface area contributed by atoms with Crippen LogP contribution >= 0.6 is 11.6 Å². The molecule has 0 radical (unpaired) electrons. The average molecular weight is 485 g/mol. The topological polar surface area (TPSA) is 63.2 Å². The first-order chi connectivity index (χ1) is 15.7. The summed E-state index contributed by atoms with van der Waals surface area (Å²) in [5.41, 5.74) is 1.44. The second kappa shape index (κ2) is 10.6. The minimum atomic E-state index is -4.66. The van der Waals surface area contributed by atoms with Crippen LogP contribution in [0.5, 0.6) is 5.75 Å². The van der Waals surface area contributed by atoms with E-state index in [1.54, 1.807) is 18.2 Å². The molecule has 174 valence electrons. The molecule has 0 saturated heterocycles. The fraction of sp³-hybridized carbons (Fsp3) is 0.227. The van der Waals surface area contributed by atoms with Crippen LogP contribution in [0.15, 0.2) is 53.2 Å². The normalized spacial score (nSPS) is 12.5. The smallest absolute Gasteiger partial charge is 0.417 e. The lowest BCUT2D eigenvalue weighted by Gasteiger charge is -2.09. The van der Waals surface area contributed by atoms with Crippen molar-refractivity contribution >= 4 is 17.8 Å². The van der Waals surface area contributed by atoms with Crippen molar-refractivity contribution in [3.63, 3.8) is 0 Å². The number of hydrogen-bond acceptors (Lipinski definition) is 4. The Labute approximate surface area is 191 Å². The predicted molar refractivity (Wildman–Crippen MR) is 116 cm³/mol. The highest BCUT2D eigenvalue weighted by atomic mass is 35.5. The Morgan fingerprint density at radius 3 is 2.67 bits per heavy atom. The molecule has 1 N–H and O–H groups in total. The molecule has 0 saturated carbocycles. The van der Waals surface area contributed by atoms with Crippen molar-refractivity contribution in [1.29, 1.82) is 0 Å². The SMILES string of the molecule is Cc1cc(OCCN=C/C(=C\CF)C(F)(F)F)ccc1-c1nc(-c2ccc(F)nc2)[nH]c1Cl. The van der Waals surface area contributed by atoms with E-state index < -0.39 is 24.4 Å². The van der Waals surface area contributed by atoms with Gasteiger partial charge in [0.05, 0.1) is 12.1 Å². The van der Waals surface area contributed by atoms with E-state index in [1.165, 1.54) is 18.3 Å². The number of aryl methyl sites for hydroxylation is 1. The predicted octanol–water partition coefficient (Wildman–Crippen LogP) is 6.15. The number of aromatic amines is 1. The van der Waals surface area contributed by atoms with E-state index >= 15 is 0 Å². The first kappa shape index (κ1) is 24.4. The van der Waals surface area contributed by atoms with Gasteiger partial charge in [0, 0.05) is 23.5 Å². The van der Waals surface area contributed by atoms with Crippen LogP contribution in [0.3, 0.4) is 0 Å². The number of hydrogen-bond donors (Lipinski definition) is 1. The maximum atomic E-state index is 13.0. The summed E-state index contributed by atoms with van der Waals surface area (Å²) in [6.45, 7) is 0.578. The van der Waals surface area contributed by atoms with E-state index in [9.17, 15) is 22.0 Å². The maximum Gasteiger partial charge on any atom is 0.417 e. The van der Waals surface area contributed by atoms with Crippen LogP contribution in [0, 0.1) is 12.9 Å². The summed E-state index contributed by atoms with van der Waals surface area (Å²) in [6, 6.07) is 7.88. The number of nitrogens with one attached hydrogen (secondary N) is 1. The summed E-state index contributed by atoms with van der Waals surface area (Å²) in [5, 5.41) is 0.294. The Morgan fingerprint density at radius 1 is 1.24 bits per heavy atom. The zero-order valence-electron chi connectivity index (χ0n) is 17.3. The van der Waals surface area contributed by atoms with Crippen molar-refractivity contribution in [1.82, 2.24) is 15.0 Å². The lowest BCUT2D eigenvalue weighted by Crippen LogP contribution is -2.14. The number of rotatable bonds is 8. The Bertz CT molecular complexity index is 1160. The van der Waals surface area contributed by atoms with Crippen LogP contribution in [0.4, 0.5) is 22.0 Å². The van der Waals surface area contributed by atoms with E-state index in [0.717, 1.165) is 11.1 Å². The molecule has 5 nitrogen and oxygen atoms in total. The third kappa shape index (κ3) is 6.38. The summed E-state index contributed by atoms with van der Waals surface area (Å²) in [4.78, 5) is 14.6. The number of alkyl halides is 4. The van der Waals surface area contributed by atoms with Gasteiger partial charge in [-0.05, 0) is 48.9 Å². The fourth-order valence-electron chi connectivity index (χ4n) is 2.88. The number of benzene rings is 1. The first-order valence-electron chi connectivity index (χ1n) is 9.63. The zero-order chi connectivity index (χ0) is 24.0. The van der Waals surface area contributed by atoms with Crippen LogP contribution < -0.4 is 4.74 Å². The second-order valence-corrected chi connectivity index (χ2v) is 7.17. The Hall–Kier alpha value is -3.27. The molecule has 0 aliphatic rings. The molecule has 3 aromatic rings. The molecule has 3 rings (SSSR count). The van der Waals surface area contributed by atoms with Gasteiger partial charge in [-0.2, -0.15) is 17.6 Å². The van der Waals surface area contributed by atoms with Gasteiger partial charge in [-0.1, -0.05) is 11.6 Å². The monoisotopic (exact) mass is 484 g/mol. The van der Waals surface area contributed by atoms with E-state index in [-0.39, 0.29) is 13.2 Å². The number of imidazole rings is 1. The number of nitrogens with zero attached hydrogens (tertiary/aromatic N) is 3. The Morgan fingerprint density at radius 2 is 2.03 bits per heavy atom. The quantitative estimate of drug-likeness (QED) is 0.180. The van der Waals surface area contributed by atoms with Crippen molar-refractivity contribution < 1.29 is 26.7 Å². The molecule has 0 aliphatic heterocycles. The second-order valence-electron chi connectivity index (χ2n) is 6.79. The summed E-state index contributed by atoms with van der Waals surface area (Å²) in [7, 11) is 0. The summed E-state index contributed by atoms with van der Waals surface area (Å²) in [5.74, 6) is 0.308. The largest absolute Gasteiger partial charge is 0.492 e. The van der Waals surface area contributed by atoms with Crippen LogP contribution in [-0.4, -0.2) is 47.2 Å². The highest BCUT2D eigenvalue weighted by Crippen LogP contribution is 2.33. The van der Waals surface area contributed by atoms with Crippen molar-refractivity contribution in [2.75, 3.05) is 19.8 Å². The van der Waals surface area contributed by atoms with E-state index in [4.69, 9.17) is 16.3 Å². The molecule has 0 spiro atoms. The van der Waals surface area contributed by atoms with Crippen LogP contribution in [0.25, 0.3) is 22.6 Å². The zero-order valence-corrected chi connectivity index (χ0v) is 18.0. The van der Waals surface area contributed by atoms with Crippen molar-refractivity contribution in [3.8, 4) is 28.4 Å². The molecule has 1 aromatic carbocycles. The van der Waals surface area contributed by atoms with E-state index in [2.05, 4.69) is 19.9 Å². The molecule has 33 heavy (non-hydrogen) atoms. The lowest BCUT2D eigenvalue weighted by molar-refractivity contribution is -0.0859. The lowest BCUT2D eigenvalue weighted by atomic mass is 10.1. The van der Waals surface area contributed by atoms with Gasteiger partial charge < -0.3 is 9.72 Å². The minimum absolute atomic E-state index is 0.0287. The fourth-order valence-corrected chi connectivity index (χ4v) is 3.11. The van der Waals surface area contributed by atoms with Crippen molar-refractivity contribution in [3.05, 3.63) is 64.8 Å². The molecule has 2 aromatic heterocycles. The maximum absolute atomic E-state index is 13.0. The molecular formula is C22H18ClF5N4O. The van der Waals surface area contributed by atoms with Gasteiger partial charge in [-0.15, -0.1) is 0 Å². The number of aliphatic imine (C=N–C) groups is 1. The van der Waals surface area contributed by atoms with Gasteiger partial charge in [0.1, 0.15) is 35.7 Å². The molecule has 0 unspecified atom stereocenters. The first-order valence-corrected chi connectivity index (χ1v) is 10.0. The van der Waals surface area contributed by atoms with Crippen LogP contribution in [-0.2, 0) is 0 Å². The number of allylic oxidation sites excluding steroid dienone is 2. The molecule has 0 aliphatic carbocycles. The van der Waals surface area contributed by atoms with Crippen molar-refractivity contribution in [2.24, 2.45) is 4.99 Å². The van der Waals surface area contributed by atoms with Gasteiger partial charge in [0.2, 0.25) is 5.95 Å². The highest BCUT2D eigenvalue weighted by Gasteiger charge is 2.32. The number of pyridine rings is 1. The average Bonchev–Trinajstić information content (AvgIpc) is 3.14. The van der Waals surface area contributed by atoms with Gasteiger partial charge in [-0.3, -0.25) is 4.99 Å². The number of H-pyrrole nitrogens is 1. The van der Waals surface area contributed by atoms with Gasteiger partial charge in [0.25, 0.3) is 0 Å². The minimum Gasteiger partial charge on any atom is -0.492 e. The summed E-state index contributed by atoms with van der Waals surface area (Å²) < 4.78 is 68.7. The van der Waals surface area contributed by atoms with Crippen LogP contribution in [0.1, 0.15) is 5.56 Å². The number of ether oxygens (including phenoxy) is 1. The van der Waals surface area contributed by atoms with Crippen LogP contribution in [0.2, 0.25) is 5.15 Å². The van der Waals surface area contributed by atoms with Gasteiger partial charge in [0.15, 0.2) is 0 Å². The molecular weight excluding hydrogens is 467 g/mol. The molecule has 11 heteroatoms. The standard InChI is InChI=1S/C22H18ClF5N4O/c1-13-10-16(33-9-8-29-12-15(6-7-24)22(26,27)28)3-4-17(13)19-20(23)32-21(31-19)14-2-5-18(25)30-11-14/h2-6,10-12H,7-9H2,1H3,(H,31,32)/b15-6+,29-12?. The third-order valence-corrected chi connectivity index (χ3v) is 4.73. The molecule has 0 fully saturated rings. The molecule has 0 bridgehead atoms. The third-order valence-electron chi connectivity index (χ3n) is 4.46. The van der Waals surface area contributed by atoms with E-state index in [0.29, 0.717) is 40.3 Å². The van der Waals surface area contributed by atoms with Gasteiger partial charge >= 0.3 is 6.18 Å². The molecule has 2 heterocycles. The van der Waals surface area contributed by atoms with E-state index in [1.807, 2.05) is 6.92 Å².